The first kappa shape index (κ1) is 26.2. The third-order valence-electron chi connectivity index (χ3n) is 6.59. The minimum absolute atomic E-state index is 0.0510. The number of carbonyl (C=O) groups is 2. The maximum absolute atomic E-state index is 13.3. The minimum atomic E-state index is -0.373. The molecular weight excluding hydrogens is 464 g/mol. The average molecular weight is 501 g/mol. The SMILES string of the molecule is CCOC(=O)NC1CCN(c2c(NC(=O)c3cc(C)cc(C)c3)cncc2-c2cc(C)cc(C)c2)CC1. The number of aryl methyl sites for hydroxylation is 4. The van der Waals surface area contributed by atoms with E-state index in [-0.39, 0.29) is 18.0 Å². The van der Waals surface area contributed by atoms with Gasteiger partial charge in [0, 0.05) is 36.5 Å². The third kappa shape index (κ3) is 6.47. The lowest BCUT2D eigenvalue weighted by Crippen LogP contribution is -2.45. The summed E-state index contributed by atoms with van der Waals surface area (Å²) < 4.78 is 5.06. The molecule has 0 aliphatic carbocycles. The van der Waals surface area contributed by atoms with Gasteiger partial charge in [-0.05, 0) is 65.2 Å². The molecule has 1 saturated heterocycles. The highest BCUT2D eigenvalue weighted by molar-refractivity contribution is 6.07. The molecule has 37 heavy (non-hydrogen) atoms. The predicted octanol–water partition coefficient (Wildman–Crippen LogP) is 5.95. The van der Waals surface area contributed by atoms with Gasteiger partial charge in [-0.25, -0.2) is 4.79 Å². The summed E-state index contributed by atoms with van der Waals surface area (Å²) in [5, 5.41) is 6.11. The van der Waals surface area contributed by atoms with Crippen molar-refractivity contribution >= 4 is 23.4 Å². The standard InChI is InChI=1S/C30H36N4O3/c1-6-37-30(36)32-25-7-9-34(10-8-25)28-26(23-13-19(2)11-20(3)14-23)17-31-18-27(28)33-29(35)24-15-21(4)12-22(5)16-24/h11-18,25H,6-10H2,1-5H3,(H,32,36)(H,33,35). The van der Waals surface area contributed by atoms with E-state index in [1.807, 2.05) is 32.2 Å². The lowest BCUT2D eigenvalue weighted by molar-refractivity contribution is 0.102. The van der Waals surface area contributed by atoms with Crippen molar-refractivity contribution in [3.63, 3.8) is 0 Å². The summed E-state index contributed by atoms with van der Waals surface area (Å²) in [5.41, 5.74) is 8.72. The van der Waals surface area contributed by atoms with E-state index in [0.29, 0.717) is 17.9 Å². The second-order valence-corrected chi connectivity index (χ2v) is 9.92. The largest absolute Gasteiger partial charge is 0.450 e. The van der Waals surface area contributed by atoms with Crippen LogP contribution < -0.4 is 15.5 Å². The zero-order valence-electron chi connectivity index (χ0n) is 22.4. The molecule has 194 valence electrons. The number of alkyl carbamates (subject to hydrolysis) is 1. The van der Waals surface area contributed by atoms with E-state index in [9.17, 15) is 9.59 Å². The van der Waals surface area contributed by atoms with E-state index in [1.54, 1.807) is 13.1 Å². The van der Waals surface area contributed by atoms with E-state index in [4.69, 9.17) is 4.74 Å². The Morgan fingerprint density at radius 1 is 0.919 bits per heavy atom. The summed E-state index contributed by atoms with van der Waals surface area (Å²) in [7, 11) is 0. The fourth-order valence-corrected chi connectivity index (χ4v) is 5.11. The van der Waals surface area contributed by atoms with Crippen molar-refractivity contribution in [2.75, 3.05) is 29.9 Å². The van der Waals surface area contributed by atoms with Crippen LogP contribution in [0.5, 0.6) is 0 Å². The van der Waals surface area contributed by atoms with E-state index in [2.05, 4.69) is 58.6 Å². The summed E-state index contributed by atoms with van der Waals surface area (Å²) in [6.45, 7) is 11.8. The second kappa shape index (κ2) is 11.5. The van der Waals surface area contributed by atoms with Gasteiger partial charge in [0.2, 0.25) is 0 Å². The highest BCUT2D eigenvalue weighted by Crippen LogP contribution is 2.39. The van der Waals surface area contributed by atoms with Crippen LogP contribution >= 0.6 is 0 Å². The van der Waals surface area contributed by atoms with Crippen molar-refractivity contribution in [2.24, 2.45) is 0 Å². The molecule has 1 fully saturated rings. The third-order valence-corrected chi connectivity index (χ3v) is 6.59. The fraction of sp³-hybridized carbons (Fsp3) is 0.367. The molecule has 4 rings (SSSR count). The number of nitrogens with one attached hydrogen (secondary N) is 2. The smallest absolute Gasteiger partial charge is 0.407 e. The van der Waals surface area contributed by atoms with E-state index >= 15 is 0 Å². The molecule has 2 aromatic carbocycles. The van der Waals surface area contributed by atoms with Crippen LogP contribution in [0.25, 0.3) is 11.1 Å². The number of rotatable bonds is 6. The lowest BCUT2D eigenvalue weighted by atomic mass is 9.97. The average Bonchev–Trinajstić information content (AvgIpc) is 2.83. The first-order valence-electron chi connectivity index (χ1n) is 12.9. The predicted molar refractivity (Wildman–Crippen MR) is 148 cm³/mol. The number of carbonyl (C=O) groups excluding carboxylic acids is 2. The number of aromatic nitrogens is 1. The maximum Gasteiger partial charge on any atom is 0.407 e. The molecule has 0 bridgehead atoms. The summed E-state index contributed by atoms with van der Waals surface area (Å²) in [4.78, 5) is 32.1. The van der Waals surface area contributed by atoms with Gasteiger partial charge in [-0.15, -0.1) is 0 Å². The van der Waals surface area contributed by atoms with Crippen LogP contribution in [-0.2, 0) is 4.74 Å². The summed E-state index contributed by atoms with van der Waals surface area (Å²) >= 11 is 0. The fourth-order valence-electron chi connectivity index (χ4n) is 5.11. The summed E-state index contributed by atoms with van der Waals surface area (Å²) in [6.07, 6.45) is 4.78. The van der Waals surface area contributed by atoms with Gasteiger partial charge in [-0.2, -0.15) is 0 Å². The number of nitrogens with zero attached hydrogens (tertiary/aromatic N) is 2. The Balaban J connectivity index is 1.68. The molecule has 1 aliphatic heterocycles. The molecule has 1 aromatic heterocycles. The van der Waals surface area contributed by atoms with Crippen molar-refractivity contribution in [3.8, 4) is 11.1 Å². The second-order valence-electron chi connectivity index (χ2n) is 9.92. The zero-order valence-corrected chi connectivity index (χ0v) is 22.4. The molecule has 0 spiro atoms. The van der Waals surface area contributed by atoms with Gasteiger partial charge in [0.05, 0.1) is 24.2 Å². The van der Waals surface area contributed by atoms with E-state index in [1.165, 1.54) is 11.1 Å². The van der Waals surface area contributed by atoms with Crippen molar-refractivity contribution in [3.05, 3.63) is 76.6 Å². The number of ether oxygens (including phenoxy) is 1. The Kier molecular flexibility index (Phi) is 8.11. The number of piperidine rings is 1. The van der Waals surface area contributed by atoms with Gasteiger partial charge in [0.25, 0.3) is 5.91 Å². The normalized spacial score (nSPS) is 13.8. The first-order valence-corrected chi connectivity index (χ1v) is 12.9. The van der Waals surface area contributed by atoms with Gasteiger partial charge >= 0.3 is 6.09 Å². The minimum Gasteiger partial charge on any atom is -0.450 e. The highest BCUT2D eigenvalue weighted by atomic mass is 16.5. The Morgan fingerprint density at radius 3 is 2.11 bits per heavy atom. The van der Waals surface area contributed by atoms with Crippen molar-refractivity contribution in [1.29, 1.82) is 0 Å². The van der Waals surface area contributed by atoms with Crippen LogP contribution in [0.2, 0.25) is 0 Å². The lowest BCUT2D eigenvalue weighted by Gasteiger charge is -2.36. The molecule has 0 radical (unpaired) electrons. The molecule has 0 unspecified atom stereocenters. The Labute approximate surface area is 219 Å². The van der Waals surface area contributed by atoms with Gasteiger partial charge < -0.3 is 20.3 Å². The molecule has 7 heteroatoms. The van der Waals surface area contributed by atoms with Crippen LogP contribution in [0.15, 0.2) is 48.8 Å². The Bertz CT molecular complexity index is 1260. The summed E-state index contributed by atoms with van der Waals surface area (Å²) in [6, 6.07) is 12.4. The topological polar surface area (TPSA) is 83.6 Å². The molecular formula is C30H36N4O3. The monoisotopic (exact) mass is 500 g/mol. The van der Waals surface area contributed by atoms with Gasteiger partial charge in [-0.3, -0.25) is 9.78 Å². The van der Waals surface area contributed by atoms with Crippen LogP contribution in [0.4, 0.5) is 16.2 Å². The summed E-state index contributed by atoms with van der Waals surface area (Å²) in [5.74, 6) is -0.161. The van der Waals surface area contributed by atoms with Crippen molar-refractivity contribution in [1.82, 2.24) is 10.3 Å². The molecule has 3 aromatic rings. The number of anilines is 2. The molecule has 2 heterocycles. The number of benzene rings is 2. The van der Waals surface area contributed by atoms with E-state index in [0.717, 1.165) is 53.9 Å². The van der Waals surface area contributed by atoms with Gasteiger partial charge in [0.1, 0.15) is 0 Å². The van der Waals surface area contributed by atoms with Crippen LogP contribution in [-0.4, -0.2) is 42.7 Å². The van der Waals surface area contributed by atoms with Gasteiger partial charge in [-0.1, -0.05) is 46.5 Å². The van der Waals surface area contributed by atoms with Gasteiger partial charge in [0.15, 0.2) is 0 Å². The zero-order chi connectivity index (χ0) is 26.5. The van der Waals surface area contributed by atoms with Crippen LogP contribution in [0.1, 0.15) is 52.4 Å². The van der Waals surface area contributed by atoms with Crippen molar-refractivity contribution in [2.45, 2.75) is 53.5 Å². The molecule has 2 amide bonds. The van der Waals surface area contributed by atoms with E-state index < -0.39 is 0 Å². The Morgan fingerprint density at radius 2 is 1.51 bits per heavy atom. The van der Waals surface area contributed by atoms with Crippen molar-refractivity contribution < 1.29 is 14.3 Å². The molecule has 0 atom stereocenters. The molecule has 1 aliphatic rings. The number of amides is 2. The highest BCUT2D eigenvalue weighted by Gasteiger charge is 2.26. The molecule has 2 N–H and O–H groups in total. The van der Waals surface area contributed by atoms with Crippen LogP contribution in [0, 0.1) is 27.7 Å². The molecule has 0 saturated carbocycles. The molecule has 7 nitrogen and oxygen atoms in total. The first-order chi connectivity index (χ1) is 17.7. The maximum atomic E-state index is 13.3. The number of pyridine rings is 1. The Hall–Kier alpha value is -3.87. The number of hydrogen-bond acceptors (Lipinski definition) is 5. The van der Waals surface area contributed by atoms with Crippen LogP contribution in [0.3, 0.4) is 0 Å². The quantitative estimate of drug-likeness (QED) is 0.437. The number of hydrogen-bond donors (Lipinski definition) is 2.